The van der Waals surface area contributed by atoms with Crippen molar-refractivity contribution in [2.45, 2.75) is 31.2 Å². The Morgan fingerprint density at radius 1 is 1.26 bits per heavy atom. The molecule has 0 aliphatic carbocycles. The minimum atomic E-state index is -1.05. The van der Waals surface area contributed by atoms with Gasteiger partial charge in [-0.2, -0.15) is 0 Å². The number of carbonyl (C=O) groups excluding carboxylic acids is 1. The number of primary amides is 1. The number of rotatable bonds is 5. The number of nitrogens with zero attached hydrogens (tertiary/aromatic N) is 2. The van der Waals surface area contributed by atoms with Crippen molar-refractivity contribution in [1.82, 2.24) is 14.9 Å². The number of likely N-dealkylation sites (tertiary alicyclic amines) is 1. The average Bonchev–Trinajstić information content (AvgIpc) is 2.80. The van der Waals surface area contributed by atoms with Crippen molar-refractivity contribution < 1.29 is 4.79 Å². The molecule has 2 aromatic heterocycles. The SMILES string of the molecule is CC(C(N)=O)(c1ccc(Cl)cn1)N1CCC[C@@H](c2c[nH]c(=O)c(-c3ccccc3)c2)C1. The molecule has 0 saturated carbocycles. The smallest absolute Gasteiger partial charge is 0.255 e. The summed E-state index contributed by atoms with van der Waals surface area (Å²) in [7, 11) is 0. The highest BCUT2D eigenvalue weighted by Crippen LogP contribution is 2.35. The number of amides is 1. The van der Waals surface area contributed by atoms with E-state index in [0.717, 1.165) is 30.5 Å². The monoisotopic (exact) mass is 436 g/mol. The lowest BCUT2D eigenvalue weighted by molar-refractivity contribution is -0.131. The van der Waals surface area contributed by atoms with Gasteiger partial charge in [-0.15, -0.1) is 0 Å². The molecule has 3 heterocycles. The highest BCUT2D eigenvalue weighted by molar-refractivity contribution is 6.30. The van der Waals surface area contributed by atoms with E-state index in [2.05, 4.69) is 14.9 Å². The van der Waals surface area contributed by atoms with Crippen LogP contribution in [-0.2, 0) is 10.3 Å². The number of H-pyrrole nitrogens is 1. The molecule has 0 bridgehead atoms. The van der Waals surface area contributed by atoms with E-state index in [9.17, 15) is 9.59 Å². The summed E-state index contributed by atoms with van der Waals surface area (Å²) in [5.74, 6) is -0.298. The van der Waals surface area contributed by atoms with E-state index >= 15 is 0 Å². The van der Waals surface area contributed by atoms with E-state index in [1.165, 1.54) is 6.20 Å². The number of aromatic nitrogens is 2. The molecule has 3 aromatic rings. The molecule has 6 nitrogen and oxygen atoms in total. The predicted octanol–water partition coefficient (Wildman–Crippen LogP) is 3.67. The Bertz CT molecular complexity index is 1130. The number of halogens is 1. The molecule has 160 valence electrons. The zero-order valence-electron chi connectivity index (χ0n) is 17.3. The number of pyridine rings is 2. The summed E-state index contributed by atoms with van der Waals surface area (Å²) < 4.78 is 0. The number of aromatic amines is 1. The molecule has 7 heteroatoms. The molecule has 1 unspecified atom stereocenters. The van der Waals surface area contributed by atoms with Crippen molar-refractivity contribution >= 4 is 17.5 Å². The van der Waals surface area contributed by atoms with Crippen molar-refractivity contribution in [2.24, 2.45) is 5.73 Å². The molecule has 0 radical (unpaired) electrons. The minimum Gasteiger partial charge on any atom is -0.368 e. The molecule has 1 amide bonds. The quantitative estimate of drug-likeness (QED) is 0.638. The topological polar surface area (TPSA) is 92.1 Å². The minimum absolute atomic E-state index is 0.116. The standard InChI is InChI=1S/C24H25ClN4O2/c1-24(23(26)31,21-10-9-19(25)14-27-21)29-11-5-8-17(15-29)18-12-20(22(30)28-13-18)16-6-3-2-4-7-16/h2-4,6-7,9-10,12-14,17H,5,8,11,15H2,1H3,(H2,26,31)(H,28,30)/t17-,24?/m1/s1. The van der Waals surface area contributed by atoms with Crippen LogP contribution in [-0.4, -0.2) is 33.9 Å². The lowest BCUT2D eigenvalue weighted by atomic mass is 9.85. The van der Waals surface area contributed by atoms with Crippen LogP contribution in [0.4, 0.5) is 0 Å². The van der Waals surface area contributed by atoms with Crippen LogP contribution in [0.15, 0.2) is 65.7 Å². The lowest BCUT2D eigenvalue weighted by Crippen LogP contribution is -2.56. The molecular formula is C24H25ClN4O2. The maximum atomic E-state index is 12.6. The van der Waals surface area contributed by atoms with Gasteiger partial charge in [0, 0.05) is 24.5 Å². The van der Waals surface area contributed by atoms with Gasteiger partial charge in [0.15, 0.2) is 0 Å². The fourth-order valence-corrected chi connectivity index (χ4v) is 4.44. The molecule has 1 fully saturated rings. The van der Waals surface area contributed by atoms with Gasteiger partial charge in [0.1, 0.15) is 5.54 Å². The van der Waals surface area contributed by atoms with E-state index in [0.29, 0.717) is 22.8 Å². The molecule has 0 spiro atoms. The molecule has 1 saturated heterocycles. The second-order valence-corrected chi connectivity index (χ2v) is 8.56. The average molecular weight is 437 g/mol. The summed E-state index contributed by atoms with van der Waals surface area (Å²) in [6, 6.07) is 15.1. The first kappa shape index (κ1) is 21.3. The van der Waals surface area contributed by atoms with Crippen molar-refractivity contribution in [2.75, 3.05) is 13.1 Å². The van der Waals surface area contributed by atoms with Gasteiger partial charge in [-0.25, -0.2) is 0 Å². The Kier molecular flexibility index (Phi) is 5.94. The third-order valence-electron chi connectivity index (χ3n) is 6.24. The zero-order chi connectivity index (χ0) is 22.0. The summed E-state index contributed by atoms with van der Waals surface area (Å²) >= 11 is 5.99. The first-order valence-corrected chi connectivity index (χ1v) is 10.7. The van der Waals surface area contributed by atoms with Gasteiger partial charge in [-0.1, -0.05) is 41.9 Å². The summed E-state index contributed by atoms with van der Waals surface area (Å²) in [6.07, 6.45) is 5.18. The van der Waals surface area contributed by atoms with Crippen LogP contribution in [0.3, 0.4) is 0 Å². The predicted molar refractivity (Wildman–Crippen MR) is 122 cm³/mol. The molecule has 1 aliphatic heterocycles. The fourth-order valence-electron chi connectivity index (χ4n) is 4.33. The number of piperidine rings is 1. The summed E-state index contributed by atoms with van der Waals surface area (Å²) in [4.78, 5) is 34.4. The first-order chi connectivity index (χ1) is 14.9. The third kappa shape index (κ3) is 4.13. The Labute approximate surface area is 186 Å². The van der Waals surface area contributed by atoms with E-state index in [1.807, 2.05) is 43.3 Å². The Balaban J connectivity index is 1.66. The normalized spacial score (nSPS) is 19.0. The zero-order valence-corrected chi connectivity index (χ0v) is 18.1. The number of carbonyl (C=O) groups is 1. The fraction of sp³-hybridized carbons (Fsp3) is 0.292. The second kappa shape index (κ2) is 8.65. The van der Waals surface area contributed by atoms with Crippen LogP contribution in [0.25, 0.3) is 11.1 Å². The van der Waals surface area contributed by atoms with E-state index in [-0.39, 0.29) is 11.5 Å². The Morgan fingerprint density at radius 3 is 2.71 bits per heavy atom. The van der Waals surface area contributed by atoms with Gasteiger partial charge in [0.05, 0.1) is 10.7 Å². The lowest BCUT2D eigenvalue weighted by Gasteiger charge is -2.43. The van der Waals surface area contributed by atoms with Crippen LogP contribution in [0.5, 0.6) is 0 Å². The molecule has 4 rings (SSSR count). The van der Waals surface area contributed by atoms with Gasteiger partial charge in [-0.3, -0.25) is 19.5 Å². The first-order valence-electron chi connectivity index (χ1n) is 10.3. The molecule has 1 aliphatic rings. The highest BCUT2D eigenvalue weighted by atomic mass is 35.5. The van der Waals surface area contributed by atoms with E-state index < -0.39 is 11.4 Å². The Hall–Kier alpha value is -2.96. The number of nitrogens with one attached hydrogen (secondary N) is 1. The summed E-state index contributed by atoms with van der Waals surface area (Å²) in [6.45, 7) is 3.18. The third-order valence-corrected chi connectivity index (χ3v) is 6.47. The summed E-state index contributed by atoms with van der Waals surface area (Å²) in [5, 5.41) is 0.508. The van der Waals surface area contributed by atoms with Crippen LogP contribution >= 0.6 is 11.6 Å². The largest absolute Gasteiger partial charge is 0.368 e. The van der Waals surface area contributed by atoms with Gasteiger partial charge in [0.25, 0.3) is 5.56 Å². The van der Waals surface area contributed by atoms with Gasteiger partial charge in [-0.05, 0) is 61.6 Å². The molecule has 2 atom stereocenters. The summed E-state index contributed by atoms with van der Waals surface area (Å²) in [5.41, 5.74) is 7.86. The van der Waals surface area contributed by atoms with Gasteiger partial charge in [0.2, 0.25) is 5.91 Å². The van der Waals surface area contributed by atoms with Crippen LogP contribution < -0.4 is 11.3 Å². The van der Waals surface area contributed by atoms with Crippen molar-refractivity contribution in [1.29, 1.82) is 0 Å². The van der Waals surface area contributed by atoms with Crippen molar-refractivity contribution in [3.63, 3.8) is 0 Å². The van der Waals surface area contributed by atoms with Crippen LogP contribution in [0.2, 0.25) is 5.02 Å². The maximum absolute atomic E-state index is 12.6. The number of nitrogens with two attached hydrogens (primary N) is 1. The van der Waals surface area contributed by atoms with Gasteiger partial charge < -0.3 is 10.7 Å². The Morgan fingerprint density at radius 2 is 2.03 bits per heavy atom. The molecule has 1 aromatic carbocycles. The van der Waals surface area contributed by atoms with Crippen molar-refractivity contribution in [3.8, 4) is 11.1 Å². The highest BCUT2D eigenvalue weighted by Gasteiger charge is 2.43. The van der Waals surface area contributed by atoms with E-state index in [1.54, 1.807) is 18.3 Å². The number of hydrogen-bond donors (Lipinski definition) is 2. The van der Waals surface area contributed by atoms with Gasteiger partial charge >= 0.3 is 0 Å². The number of benzene rings is 1. The molecule has 3 N–H and O–H groups in total. The second-order valence-electron chi connectivity index (χ2n) is 8.13. The molecule has 31 heavy (non-hydrogen) atoms. The van der Waals surface area contributed by atoms with Crippen LogP contribution in [0, 0.1) is 0 Å². The molecular weight excluding hydrogens is 412 g/mol. The maximum Gasteiger partial charge on any atom is 0.255 e. The van der Waals surface area contributed by atoms with Crippen LogP contribution in [0.1, 0.15) is 36.9 Å². The van der Waals surface area contributed by atoms with E-state index in [4.69, 9.17) is 17.3 Å². The van der Waals surface area contributed by atoms with Crippen molar-refractivity contribution in [3.05, 3.63) is 87.6 Å². The number of hydrogen-bond acceptors (Lipinski definition) is 4.